The van der Waals surface area contributed by atoms with Crippen molar-refractivity contribution < 1.29 is 8.83 Å². The molecule has 0 amide bonds. The van der Waals surface area contributed by atoms with Crippen LogP contribution >= 0.6 is 0 Å². The van der Waals surface area contributed by atoms with Gasteiger partial charge in [0.2, 0.25) is 5.89 Å². The molecule has 0 N–H and O–H groups in total. The second-order valence-corrected chi connectivity index (χ2v) is 14.3. The monoisotopic (exact) mass is 730 g/mol. The molecule has 0 saturated heterocycles. The van der Waals surface area contributed by atoms with Crippen LogP contribution in [0.2, 0.25) is 0 Å². The van der Waals surface area contributed by atoms with E-state index >= 15 is 0 Å². The Morgan fingerprint density at radius 3 is 1.53 bits per heavy atom. The lowest BCUT2D eigenvalue weighted by atomic mass is 9.95. The molecule has 2 heterocycles. The van der Waals surface area contributed by atoms with Crippen LogP contribution in [0, 0.1) is 0 Å². The van der Waals surface area contributed by atoms with Gasteiger partial charge in [-0.2, -0.15) is 0 Å². The highest BCUT2D eigenvalue weighted by Crippen LogP contribution is 2.47. The van der Waals surface area contributed by atoms with Crippen LogP contribution in [0.1, 0.15) is 0 Å². The van der Waals surface area contributed by atoms with Gasteiger partial charge in [0.15, 0.2) is 5.58 Å². The number of fused-ring (bicyclic) bond motifs is 6. The maximum Gasteiger partial charge on any atom is 0.227 e. The molecule has 0 aliphatic carbocycles. The fourth-order valence-corrected chi connectivity index (χ4v) is 8.17. The Hall–Kier alpha value is -7.69. The number of anilines is 3. The van der Waals surface area contributed by atoms with E-state index in [0.717, 1.165) is 77.6 Å². The molecule has 268 valence electrons. The van der Waals surface area contributed by atoms with E-state index in [0.29, 0.717) is 5.89 Å². The highest BCUT2D eigenvalue weighted by molar-refractivity contribution is 6.25. The quantitative estimate of drug-likeness (QED) is 0.164. The third-order valence-electron chi connectivity index (χ3n) is 10.9. The molecule has 2 aromatic heterocycles. The lowest BCUT2D eigenvalue weighted by molar-refractivity contribution is 0.620. The van der Waals surface area contributed by atoms with E-state index in [-0.39, 0.29) is 0 Å². The average Bonchev–Trinajstić information content (AvgIpc) is 3.90. The maximum absolute atomic E-state index is 6.81. The van der Waals surface area contributed by atoms with Gasteiger partial charge in [0.25, 0.3) is 0 Å². The van der Waals surface area contributed by atoms with Crippen molar-refractivity contribution in [2.75, 3.05) is 4.90 Å². The van der Waals surface area contributed by atoms with Crippen LogP contribution in [0.15, 0.2) is 215 Å². The zero-order valence-electron chi connectivity index (χ0n) is 30.8. The summed E-state index contributed by atoms with van der Waals surface area (Å²) < 4.78 is 12.9. The van der Waals surface area contributed by atoms with Crippen molar-refractivity contribution in [2.45, 2.75) is 0 Å². The molecule has 0 fully saturated rings. The Morgan fingerprint density at radius 2 is 0.877 bits per heavy atom. The van der Waals surface area contributed by atoms with Crippen molar-refractivity contribution >= 4 is 60.9 Å². The summed E-state index contributed by atoms with van der Waals surface area (Å²) in [5, 5.41) is 4.46. The normalized spacial score (nSPS) is 11.5. The smallest absolute Gasteiger partial charge is 0.227 e. The molecule has 0 spiro atoms. The molecule has 4 nitrogen and oxygen atoms in total. The van der Waals surface area contributed by atoms with Crippen molar-refractivity contribution in [3.63, 3.8) is 0 Å². The number of aromatic nitrogens is 1. The SMILES string of the molecule is c1ccc(-c2ccc(N(c3ccc(-c4ccccc4)cc3)c3cc4oc5cccc(-c6ccc(-c7nc8ccccc8o7)cc6)c5c4c4ccccc34)cc2)cc1. The number of benzene rings is 9. The molecule has 0 unspecified atom stereocenters. The van der Waals surface area contributed by atoms with Crippen molar-refractivity contribution in [1.29, 1.82) is 0 Å². The molecule has 0 atom stereocenters. The van der Waals surface area contributed by atoms with Crippen LogP contribution in [0.25, 0.3) is 88.6 Å². The maximum atomic E-state index is 6.81. The fourth-order valence-electron chi connectivity index (χ4n) is 8.17. The number of rotatable bonds is 7. The van der Waals surface area contributed by atoms with Gasteiger partial charge < -0.3 is 13.7 Å². The third-order valence-corrected chi connectivity index (χ3v) is 10.9. The van der Waals surface area contributed by atoms with Crippen LogP contribution in [-0.4, -0.2) is 4.98 Å². The Labute approximate surface area is 329 Å². The second-order valence-electron chi connectivity index (χ2n) is 14.3. The first-order valence-corrected chi connectivity index (χ1v) is 19.2. The van der Waals surface area contributed by atoms with Gasteiger partial charge in [-0.3, -0.25) is 0 Å². The van der Waals surface area contributed by atoms with E-state index in [9.17, 15) is 0 Å². The average molecular weight is 731 g/mol. The standard InChI is InChI=1S/C53H34N2O2/c1-3-12-35(13-4-1)37-26-30-41(31-27-37)55(42-32-28-38(29-33-42)36-14-5-2-6-15-36)47-34-50-52(45-17-8-7-16-44(45)47)51-43(18-11-21-49(51)56-50)39-22-24-40(25-23-39)53-54-46-19-9-10-20-48(46)57-53/h1-34H. The third kappa shape index (κ3) is 5.74. The van der Waals surface area contributed by atoms with Crippen molar-refractivity contribution in [3.8, 4) is 44.8 Å². The summed E-state index contributed by atoms with van der Waals surface area (Å²) in [4.78, 5) is 7.07. The summed E-state index contributed by atoms with van der Waals surface area (Å²) in [6.45, 7) is 0. The minimum absolute atomic E-state index is 0.613. The van der Waals surface area contributed by atoms with Gasteiger partial charge in [-0.05, 0) is 93.4 Å². The van der Waals surface area contributed by atoms with Crippen LogP contribution in [0.3, 0.4) is 0 Å². The fraction of sp³-hybridized carbons (Fsp3) is 0. The second kappa shape index (κ2) is 13.6. The van der Waals surface area contributed by atoms with E-state index in [1.165, 1.54) is 22.3 Å². The molecule has 0 bridgehead atoms. The number of oxazole rings is 1. The van der Waals surface area contributed by atoms with E-state index in [1.54, 1.807) is 0 Å². The zero-order valence-corrected chi connectivity index (χ0v) is 30.8. The molecular weight excluding hydrogens is 697 g/mol. The highest BCUT2D eigenvalue weighted by Gasteiger charge is 2.22. The van der Waals surface area contributed by atoms with Gasteiger partial charge >= 0.3 is 0 Å². The number of nitrogens with zero attached hydrogens (tertiary/aromatic N) is 2. The molecule has 0 aliphatic heterocycles. The number of hydrogen-bond acceptors (Lipinski definition) is 4. The first kappa shape index (κ1) is 32.7. The van der Waals surface area contributed by atoms with Gasteiger partial charge in [-0.25, -0.2) is 4.98 Å². The largest absolute Gasteiger partial charge is 0.456 e. The predicted molar refractivity (Wildman–Crippen MR) is 235 cm³/mol. The number of furan rings is 1. The van der Waals surface area contributed by atoms with Gasteiger partial charge in [-0.15, -0.1) is 0 Å². The highest BCUT2D eigenvalue weighted by atomic mass is 16.3. The topological polar surface area (TPSA) is 42.4 Å². The summed E-state index contributed by atoms with van der Waals surface area (Å²) >= 11 is 0. The molecule has 0 aliphatic rings. The summed E-state index contributed by atoms with van der Waals surface area (Å²) in [5.74, 6) is 0.613. The molecule has 57 heavy (non-hydrogen) atoms. The lowest BCUT2D eigenvalue weighted by Crippen LogP contribution is -2.10. The summed E-state index contributed by atoms with van der Waals surface area (Å²) in [7, 11) is 0. The van der Waals surface area contributed by atoms with Crippen LogP contribution < -0.4 is 4.90 Å². The Balaban J connectivity index is 1.07. The van der Waals surface area contributed by atoms with E-state index in [4.69, 9.17) is 13.8 Å². The Kier molecular flexibility index (Phi) is 7.78. The molecule has 4 heteroatoms. The lowest BCUT2D eigenvalue weighted by Gasteiger charge is -2.27. The summed E-state index contributed by atoms with van der Waals surface area (Å²) in [5.41, 5.74) is 14.3. The van der Waals surface area contributed by atoms with Crippen LogP contribution in [-0.2, 0) is 0 Å². The van der Waals surface area contributed by atoms with Gasteiger partial charge in [-0.1, -0.05) is 146 Å². The van der Waals surface area contributed by atoms with Crippen molar-refractivity contribution in [1.82, 2.24) is 4.98 Å². The number of para-hydroxylation sites is 2. The Morgan fingerprint density at radius 1 is 0.351 bits per heavy atom. The summed E-state index contributed by atoms with van der Waals surface area (Å²) in [6.07, 6.45) is 0. The number of hydrogen-bond donors (Lipinski definition) is 0. The van der Waals surface area contributed by atoms with Gasteiger partial charge in [0.1, 0.15) is 16.7 Å². The predicted octanol–water partition coefficient (Wildman–Crippen LogP) is 15.0. The van der Waals surface area contributed by atoms with Gasteiger partial charge in [0.05, 0.1) is 5.69 Å². The molecule has 11 rings (SSSR count). The molecular formula is C53H34N2O2. The first-order chi connectivity index (χ1) is 28.2. The Bertz CT molecular complexity index is 3080. The zero-order chi connectivity index (χ0) is 37.7. The molecule has 9 aromatic carbocycles. The summed E-state index contributed by atoms with van der Waals surface area (Å²) in [6, 6.07) is 72.3. The minimum atomic E-state index is 0.613. The first-order valence-electron chi connectivity index (χ1n) is 19.2. The van der Waals surface area contributed by atoms with E-state index < -0.39 is 0 Å². The van der Waals surface area contributed by atoms with Gasteiger partial charge in [0, 0.05) is 39.2 Å². The van der Waals surface area contributed by atoms with Crippen LogP contribution in [0.5, 0.6) is 0 Å². The molecule has 0 radical (unpaired) electrons. The molecule has 0 saturated carbocycles. The van der Waals surface area contributed by atoms with Crippen molar-refractivity contribution in [3.05, 3.63) is 206 Å². The van der Waals surface area contributed by atoms with E-state index in [2.05, 4.69) is 187 Å². The van der Waals surface area contributed by atoms with E-state index in [1.807, 2.05) is 24.3 Å². The van der Waals surface area contributed by atoms with Crippen LogP contribution in [0.4, 0.5) is 17.1 Å². The molecule has 11 aromatic rings. The van der Waals surface area contributed by atoms with Crippen molar-refractivity contribution in [2.24, 2.45) is 0 Å². The minimum Gasteiger partial charge on any atom is -0.456 e.